The fourth-order valence-electron chi connectivity index (χ4n) is 3.41. The van der Waals surface area contributed by atoms with E-state index in [9.17, 15) is 5.11 Å². The second-order valence-electron chi connectivity index (χ2n) is 5.65. The molecule has 1 atom stereocenters. The Morgan fingerprint density at radius 1 is 0.952 bits per heavy atom. The van der Waals surface area contributed by atoms with Crippen molar-refractivity contribution in [3.63, 3.8) is 0 Å². The Labute approximate surface area is 124 Å². The molecule has 1 N–H and O–H groups in total. The number of fused-ring (bicyclic) bond motifs is 3. The highest BCUT2D eigenvalue weighted by atomic mass is 16.3. The quantitative estimate of drug-likeness (QED) is 0.870. The van der Waals surface area contributed by atoms with Gasteiger partial charge in [0.1, 0.15) is 5.84 Å². The molecule has 4 rings (SSSR count). The number of aliphatic imine (C=N–C) groups is 1. The zero-order valence-electron chi connectivity index (χ0n) is 11.9. The molecular formula is C18H18N2O. The summed E-state index contributed by atoms with van der Waals surface area (Å²) in [6.07, 6.45) is 2.13. The molecule has 2 aromatic carbocycles. The molecule has 0 unspecified atom stereocenters. The van der Waals surface area contributed by atoms with Crippen molar-refractivity contribution in [3.8, 4) is 0 Å². The minimum absolute atomic E-state index is 0.832. The Balaban J connectivity index is 1.98. The number of hydrogen-bond acceptors (Lipinski definition) is 3. The lowest BCUT2D eigenvalue weighted by Gasteiger charge is -2.35. The molecular weight excluding hydrogens is 260 g/mol. The van der Waals surface area contributed by atoms with Gasteiger partial charge < -0.3 is 10.0 Å². The van der Waals surface area contributed by atoms with Crippen molar-refractivity contribution in [2.24, 2.45) is 4.99 Å². The Kier molecular flexibility index (Phi) is 2.82. The van der Waals surface area contributed by atoms with Crippen molar-refractivity contribution < 1.29 is 5.11 Å². The second kappa shape index (κ2) is 4.71. The summed E-state index contributed by atoms with van der Waals surface area (Å²) in [5.74, 6) is 0.939. The highest BCUT2D eigenvalue weighted by molar-refractivity contribution is 6.04. The molecule has 106 valence electrons. The van der Waals surface area contributed by atoms with E-state index >= 15 is 0 Å². The van der Waals surface area contributed by atoms with Gasteiger partial charge in [-0.25, -0.2) is 0 Å². The van der Waals surface area contributed by atoms with Gasteiger partial charge in [-0.15, -0.1) is 0 Å². The number of hydrogen-bond donors (Lipinski definition) is 1. The van der Waals surface area contributed by atoms with Gasteiger partial charge in [-0.2, -0.15) is 0 Å². The van der Waals surface area contributed by atoms with Gasteiger partial charge in [0.15, 0.2) is 5.72 Å². The highest BCUT2D eigenvalue weighted by Crippen LogP contribution is 2.43. The third-order valence-corrected chi connectivity index (χ3v) is 4.42. The molecule has 2 aromatic rings. The standard InChI is InChI=1S/C18H18N2O/c21-18(14-8-2-1-3-9-14)16-11-5-4-10-15(16)17-19-12-6-7-13-20(17)18/h1-5,8-11,21H,6-7,12-13H2/t18-/m0/s1. The SMILES string of the molecule is O[C@@]1(c2ccccc2)c2ccccc2C2=NCCCCN21. The van der Waals surface area contributed by atoms with Crippen molar-refractivity contribution in [1.29, 1.82) is 0 Å². The van der Waals surface area contributed by atoms with E-state index in [4.69, 9.17) is 4.99 Å². The molecule has 21 heavy (non-hydrogen) atoms. The van der Waals surface area contributed by atoms with Crippen LogP contribution in [0.15, 0.2) is 59.6 Å². The predicted octanol–water partition coefficient (Wildman–Crippen LogP) is 2.74. The van der Waals surface area contributed by atoms with Crippen molar-refractivity contribution in [3.05, 3.63) is 71.3 Å². The minimum Gasteiger partial charge on any atom is -0.363 e. The van der Waals surface area contributed by atoms with E-state index in [-0.39, 0.29) is 0 Å². The van der Waals surface area contributed by atoms with Crippen LogP contribution in [-0.4, -0.2) is 28.9 Å². The van der Waals surface area contributed by atoms with Crippen LogP contribution in [0.1, 0.15) is 29.5 Å². The van der Waals surface area contributed by atoms with Crippen molar-refractivity contribution >= 4 is 5.84 Å². The van der Waals surface area contributed by atoms with Crippen LogP contribution in [0.4, 0.5) is 0 Å². The average molecular weight is 278 g/mol. The maximum atomic E-state index is 11.6. The molecule has 0 aromatic heterocycles. The van der Waals surface area contributed by atoms with Gasteiger partial charge in [0, 0.05) is 29.8 Å². The van der Waals surface area contributed by atoms with Crippen LogP contribution in [0.5, 0.6) is 0 Å². The summed E-state index contributed by atoms with van der Waals surface area (Å²) in [5, 5.41) is 11.6. The third kappa shape index (κ3) is 1.74. The number of aliphatic hydroxyl groups is 1. The molecule has 0 aliphatic carbocycles. The molecule has 0 amide bonds. The van der Waals surface area contributed by atoms with E-state index in [2.05, 4.69) is 11.0 Å². The smallest absolute Gasteiger partial charge is 0.193 e. The summed E-state index contributed by atoms with van der Waals surface area (Å²) in [7, 11) is 0. The topological polar surface area (TPSA) is 35.8 Å². The first-order chi connectivity index (χ1) is 10.3. The summed E-state index contributed by atoms with van der Waals surface area (Å²) in [5.41, 5.74) is 1.81. The fraction of sp³-hybridized carbons (Fsp3) is 0.278. The lowest BCUT2D eigenvalue weighted by atomic mass is 9.93. The lowest BCUT2D eigenvalue weighted by molar-refractivity contribution is -0.0293. The van der Waals surface area contributed by atoms with Gasteiger partial charge in [0.25, 0.3) is 0 Å². The van der Waals surface area contributed by atoms with Gasteiger partial charge in [0.05, 0.1) is 0 Å². The van der Waals surface area contributed by atoms with E-state index in [1.165, 1.54) is 0 Å². The summed E-state index contributed by atoms with van der Waals surface area (Å²) in [4.78, 5) is 6.80. The van der Waals surface area contributed by atoms with Crippen LogP contribution in [0.3, 0.4) is 0 Å². The number of rotatable bonds is 1. The summed E-state index contributed by atoms with van der Waals surface area (Å²) >= 11 is 0. The predicted molar refractivity (Wildman–Crippen MR) is 83.2 cm³/mol. The van der Waals surface area contributed by atoms with Crippen molar-refractivity contribution in [1.82, 2.24) is 4.90 Å². The number of benzene rings is 2. The monoisotopic (exact) mass is 278 g/mol. The van der Waals surface area contributed by atoms with Crippen molar-refractivity contribution in [2.45, 2.75) is 18.6 Å². The average Bonchev–Trinajstić information content (AvgIpc) is 2.72. The van der Waals surface area contributed by atoms with Crippen LogP contribution in [0.2, 0.25) is 0 Å². The molecule has 3 heteroatoms. The second-order valence-corrected chi connectivity index (χ2v) is 5.65. The molecule has 0 bridgehead atoms. The van der Waals surface area contributed by atoms with Gasteiger partial charge in [-0.1, -0.05) is 54.6 Å². The number of amidine groups is 1. The van der Waals surface area contributed by atoms with Crippen LogP contribution >= 0.6 is 0 Å². The summed E-state index contributed by atoms with van der Waals surface area (Å²) in [6, 6.07) is 18.0. The maximum absolute atomic E-state index is 11.6. The molecule has 0 fully saturated rings. The van der Waals surface area contributed by atoms with Gasteiger partial charge >= 0.3 is 0 Å². The fourth-order valence-corrected chi connectivity index (χ4v) is 3.41. The largest absolute Gasteiger partial charge is 0.363 e. The molecule has 0 spiro atoms. The van der Waals surface area contributed by atoms with E-state index < -0.39 is 5.72 Å². The Hall–Kier alpha value is -2.13. The van der Waals surface area contributed by atoms with Crippen LogP contribution in [0, 0.1) is 0 Å². The molecule has 2 aliphatic rings. The maximum Gasteiger partial charge on any atom is 0.193 e. The van der Waals surface area contributed by atoms with E-state index in [1.54, 1.807) is 0 Å². The van der Waals surface area contributed by atoms with Gasteiger partial charge in [-0.3, -0.25) is 4.99 Å². The van der Waals surface area contributed by atoms with E-state index in [0.29, 0.717) is 0 Å². The molecule has 0 saturated carbocycles. The Bertz CT molecular complexity index is 695. The first-order valence-electron chi connectivity index (χ1n) is 7.51. The molecule has 2 aliphatic heterocycles. The summed E-state index contributed by atoms with van der Waals surface area (Å²) in [6.45, 7) is 1.67. The first kappa shape index (κ1) is 12.6. The highest BCUT2D eigenvalue weighted by Gasteiger charge is 2.48. The third-order valence-electron chi connectivity index (χ3n) is 4.42. The van der Waals surface area contributed by atoms with E-state index in [1.807, 2.05) is 48.5 Å². The minimum atomic E-state index is -1.10. The zero-order chi connectivity index (χ0) is 14.3. The van der Waals surface area contributed by atoms with Gasteiger partial charge in [0.2, 0.25) is 0 Å². The Morgan fingerprint density at radius 3 is 2.57 bits per heavy atom. The lowest BCUT2D eigenvalue weighted by Crippen LogP contribution is -2.45. The number of nitrogens with zero attached hydrogens (tertiary/aromatic N) is 2. The van der Waals surface area contributed by atoms with Crippen LogP contribution in [0.25, 0.3) is 0 Å². The summed E-state index contributed by atoms with van der Waals surface area (Å²) < 4.78 is 0. The van der Waals surface area contributed by atoms with Crippen LogP contribution < -0.4 is 0 Å². The van der Waals surface area contributed by atoms with Crippen molar-refractivity contribution in [2.75, 3.05) is 13.1 Å². The molecule has 0 saturated heterocycles. The Morgan fingerprint density at radius 2 is 1.71 bits per heavy atom. The van der Waals surface area contributed by atoms with Crippen LogP contribution in [-0.2, 0) is 5.72 Å². The normalized spacial score (nSPS) is 24.0. The molecule has 0 radical (unpaired) electrons. The van der Waals surface area contributed by atoms with Gasteiger partial charge in [-0.05, 0) is 12.8 Å². The zero-order valence-corrected chi connectivity index (χ0v) is 11.9. The first-order valence-corrected chi connectivity index (χ1v) is 7.51. The molecule has 2 heterocycles. The van der Waals surface area contributed by atoms with E-state index in [0.717, 1.165) is 48.5 Å². The molecule has 3 nitrogen and oxygen atoms in total.